The van der Waals surface area contributed by atoms with Gasteiger partial charge in [0.2, 0.25) is 0 Å². The molecule has 4 heteroatoms. The lowest BCUT2D eigenvalue weighted by Crippen LogP contribution is -2.71. The van der Waals surface area contributed by atoms with Crippen LogP contribution in [0.4, 0.5) is 0 Å². The maximum Gasteiger partial charge on any atom is 0.302 e. The summed E-state index contributed by atoms with van der Waals surface area (Å²) in [6.45, 7) is 24.7. The second kappa shape index (κ2) is 8.84. The Morgan fingerprint density at radius 2 is 1.37 bits per heavy atom. The number of allylic oxidation sites excluding steroid dienone is 1. The number of hydrogen-bond donors (Lipinski definition) is 0. The summed E-state index contributed by atoms with van der Waals surface area (Å²) in [7, 11) is 0. The van der Waals surface area contributed by atoms with Crippen molar-refractivity contribution in [1.82, 2.24) is 0 Å². The zero-order chi connectivity index (χ0) is 28.1. The molecule has 11 atom stereocenters. The number of ether oxygens (including phenoxy) is 2. The van der Waals surface area contributed by atoms with Crippen molar-refractivity contribution in [3.8, 4) is 0 Å². The molecule has 0 spiro atoms. The van der Waals surface area contributed by atoms with E-state index >= 15 is 0 Å². The molecule has 214 valence electrons. The van der Waals surface area contributed by atoms with E-state index in [9.17, 15) is 9.59 Å². The van der Waals surface area contributed by atoms with Gasteiger partial charge < -0.3 is 9.47 Å². The van der Waals surface area contributed by atoms with Crippen LogP contribution in [0.3, 0.4) is 0 Å². The van der Waals surface area contributed by atoms with Crippen molar-refractivity contribution in [3.63, 3.8) is 0 Å². The standard InChI is InChI=1S/C34H54O4/c1-20(2)23-13-15-31(7)17-18-33(9)24(29(23)31)11-12-25-32(8)16-14-27(37-21(3)35)30(5,6)26(32)19-28(34(25,33)10)38-22(4)36/h23-29H,1,11-19H2,2-10H3/t23-,24+,25+,26-,27-,28-,29+,31+,32+,33+,34-/m0/s1. The molecule has 0 aromatic rings. The predicted octanol–water partition coefficient (Wildman–Crippen LogP) is 8.14. The number of carbonyl (C=O) groups is 2. The Morgan fingerprint density at radius 3 is 1.97 bits per heavy atom. The first-order chi connectivity index (χ1) is 17.5. The molecule has 5 aliphatic rings. The molecular formula is C34H54O4. The molecule has 5 saturated carbocycles. The minimum Gasteiger partial charge on any atom is -0.462 e. The summed E-state index contributed by atoms with van der Waals surface area (Å²) in [5, 5.41) is 0. The Labute approximate surface area is 232 Å². The average molecular weight is 527 g/mol. The first-order valence-electron chi connectivity index (χ1n) is 15.5. The van der Waals surface area contributed by atoms with Crippen LogP contribution in [0.15, 0.2) is 12.2 Å². The summed E-state index contributed by atoms with van der Waals surface area (Å²) < 4.78 is 12.3. The molecule has 0 unspecified atom stereocenters. The molecule has 0 saturated heterocycles. The van der Waals surface area contributed by atoms with Crippen molar-refractivity contribution in [2.75, 3.05) is 0 Å². The molecule has 5 fully saturated rings. The maximum absolute atomic E-state index is 12.7. The zero-order valence-electron chi connectivity index (χ0n) is 25.7. The molecule has 0 aliphatic heterocycles. The van der Waals surface area contributed by atoms with Crippen LogP contribution in [0.1, 0.15) is 120 Å². The lowest BCUT2D eigenvalue weighted by molar-refractivity contribution is -0.287. The van der Waals surface area contributed by atoms with Crippen LogP contribution in [0.5, 0.6) is 0 Å². The Kier molecular flexibility index (Phi) is 6.56. The number of hydrogen-bond acceptors (Lipinski definition) is 4. The number of rotatable bonds is 3. The van der Waals surface area contributed by atoms with Gasteiger partial charge in [-0.25, -0.2) is 0 Å². The molecule has 38 heavy (non-hydrogen) atoms. The van der Waals surface area contributed by atoms with Crippen LogP contribution >= 0.6 is 0 Å². The summed E-state index contributed by atoms with van der Waals surface area (Å²) in [5.74, 6) is 2.39. The van der Waals surface area contributed by atoms with E-state index in [0.717, 1.165) is 19.3 Å². The Balaban J connectivity index is 1.60. The monoisotopic (exact) mass is 526 g/mol. The average Bonchev–Trinajstić information content (AvgIpc) is 3.16. The first-order valence-corrected chi connectivity index (χ1v) is 15.5. The van der Waals surface area contributed by atoms with Crippen molar-refractivity contribution in [2.24, 2.45) is 56.7 Å². The van der Waals surface area contributed by atoms with Gasteiger partial charge in [-0.05, 0) is 111 Å². The maximum atomic E-state index is 12.7. The van der Waals surface area contributed by atoms with Gasteiger partial charge in [0, 0.05) is 24.7 Å². The first kappa shape index (κ1) is 28.2. The highest BCUT2D eigenvalue weighted by atomic mass is 16.5. The number of fused-ring (bicyclic) bond motifs is 7. The molecule has 5 aliphatic carbocycles. The molecule has 4 nitrogen and oxygen atoms in total. The van der Waals surface area contributed by atoms with E-state index in [0.29, 0.717) is 35.0 Å². The second-order valence-corrected chi connectivity index (χ2v) is 16.0. The van der Waals surface area contributed by atoms with E-state index in [2.05, 4.69) is 55.0 Å². The normalized spacial score (nSPS) is 51.0. The van der Waals surface area contributed by atoms with Gasteiger partial charge in [-0.15, -0.1) is 0 Å². The zero-order valence-corrected chi connectivity index (χ0v) is 25.7. The van der Waals surface area contributed by atoms with Crippen molar-refractivity contribution in [2.45, 2.75) is 132 Å². The summed E-state index contributed by atoms with van der Waals surface area (Å²) >= 11 is 0. The third kappa shape index (κ3) is 3.66. The SMILES string of the molecule is C=C(C)[C@@H]1CC[C@]2(C)CC[C@]3(C)[C@H](CC[C@@H]4[C@@]5(C)CC[C@H](OC(C)=O)C(C)(C)[C@@H]5C[C@H](OC(C)=O)[C@]43C)[C@@H]12. The number of esters is 2. The minimum atomic E-state index is -0.189. The van der Waals surface area contributed by atoms with Crippen molar-refractivity contribution >= 4 is 11.9 Å². The highest BCUT2D eigenvalue weighted by Gasteiger charge is 2.73. The van der Waals surface area contributed by atoms with Crippen LogP contribution < -0.4 is 0 Å². The fourth-order valence-electron chi connectivity index (χ4n) is 12.2. The second-order valence-electron chi connectivity index (χ2n) is 16.0. The Bertz CT molecular complexity index is 1010. The smallest absolute Gasteiger partial charge is 0.302 e. The van der Waals surface area contributed by atoms with Gasteiger partial charge in [-0.1, -0.05) is 53.7 Å². The molecule has 0 radical (unpaired) electrons. The molecule has 0 bridgehead atoms. The van der Waals surface area contributed by atoms with Crippen LogP contribution in [0.25, 0.3) is 0 Å². The quantitative estimate of drug-likeness (QED) is 0.275. The largest absolute Gasteiger partial charge is 0.462 e. The van der Waals surface area contributed by atoms with E-state index < -0.39 is 0 Å². The number of carbonyl (C=O) groups excluding carboxylic acids is 2. The fraction of sp³-hybridized carbons (Fsp3) is 0.882. The molecule has 0 amide bonds. The summed E-state index contributed by atoms with van der Waals surface area (Å²) in [6, 6.07) is 0. The minimum absolute atomic E-state index is 0.0826. The van der Waals surface area contributed by atoms with E-state index in [1.807, 2.05) is 0 Å². The molecule has 0 N–H and O–H groups in total. The molecule has 5 rings (SSSR count). The van der Waals surface area contributed by atoms with Gasteiger partial charge in [-0.3, -0.25) is 9.59 Å². The van der Waals surface area contributed by atoms with Gasteiger partial charge >= 0.3 is 11.9 Å². The van der Waals surface area contributed by atoms with E-state index in [-0.39, 0.29) is 45.8 Å². The van der Waals surface area contributed by atoms with E-state index in [1.165, 1.54) is 51.0 Å². The Morgan fingerprint density at radius 1 is 0.737 bits per heavy atom. The van der Waals surface area contributed by atoms with Gasteiger partial charge in [0.1, 0.15) is 12.2 Å². The van der Waals surface area contributed by atoms with Crippen LogP contribution in [0, 0.1) is 56.7 Å². The molecular weight excluding hydrogens is 472 g/mol. The predicted molar refractivity (Wildman–Crippen MR) is 151 cm³/mol. The third-order valence-electron chi connectivity index (χ3n) is 14.1. The molecule has 0 heterocycles. The topological polar surface area (TPSA) is 52.6 Å². The van der Waals surface area contributed by atoms with Crippen LogP contribution in [-0.4, -0.2) is 24.1 Å². The molecule has 0 aromatic heterocycles. The Hall–Kier alpha value is -1.32. The van der Waals surface area contributed by atoms with Crippen LogP contribution in [-0.2, 0) is 19.1 Å². The lowest BCUT2D eigenvalue weighted by atomic mass is 9.31. The highest BCUT2D eigenvalue weighted by molar-refractivity contribution is 5.66. The highest BCUT2D eigenvalue weighted by Crippen LogP contribution is 2.77. The van der Waals surface area contributed by atoms with E-state index in [1.54, 1.807) is 6.92 Å². The third-order valence-corrected chi connectivity index (χ3v) is 14.1. The summed E-state index contributed by atoms with van der Waals surface area (Å²) in [6.07, 6.45) is 10.2. The van der Waals surface area contributed by atoms with Crippen molar-refractivity contribution in [3.05, 3.63) is 12.2 Å². The van der Waals surface area contributed by atoms with Gasteiger partial charge in [0.05, 0.1) is 0 Å². The van der Waals surface area contributed by atoms with Gasteiger partial charge in [0.15, 0.2) is 0 Å². The van der Waals surface area contributed by atoms with Crippen LogP contribution in [0.2, 0.25) is 0 Å². The lowest BCUT2D eigenvalue weighted by Gasteiger charge is -2.74. The fourth-order valence-corrected chi connectivity index (χ4v) is 12.2. The van der Waals surface area contributed by atoms with Gasteiger partial charge in [0.25, 0.3) is 0 Å². The molecule has 0 aromatic carbocycles. The van der Waals surface area contributed by atoms with Gasteiger partial charge in [-0.2, -0.15) is 0 Å². The summed E-state index contributed by atoms with van der Waals surface area (Å²) in [4.78, 5) is 24.7. The van der Waals surface area contributed by atoms with E-state index in [4.69, 9.17) is 9.47 Å². The summed E-state index contributed by atoms with van der Waals surface area (Å²) in [5.41, 5.74) is 1.76. The van der Waals surface area contributed by atoms with Crippen molar-refractivity contribution < 1.29 is 19.1 Å². The van der Waals surface area contributed by atoms with Crippen molar-refractivity contribution in [1.29, 1.82) is 0 Å².